The van der Waals surface area contributed by atoms with Gasteiger partial charge in [-0.2, -0.15) is 5.10 Å². The van der Waals surface area contributed by atoms with Crippen LogP contribution in [0.1, 0.15) is 22.9 Å². The maximum atomic E-state index is 5.73. The smallest absolute Gasteiger partial charge is 0.122 e. The number of nitrogens with one attached hydrogen (secondary N) is 1. The molecule has 0 aliphatic rings. The Morgan fingerprint density at radius 2 is 1.80 bits per heavy atom. The fourth-order valence-electron chi connectivity index (χ4n) is 2.16. The summed E-state index contributed by atoms with van der Waals surface area (Å²) in [5, 5.41) is 4.25. The van der Waals surface area contributed by atoms with Gasteiger partial charge in [-0.15, -0.1) is 0 Å². The standard InChI is InChI=1S/C14H20N4O2/c1-9-13(8-16-18(9)2)14(17-15)10-5-11(19-3)7-12(6-10)20-4/h5-8,14,17H,15H2,1-4H3. The highest BCUT2D eigenvalue weighted by atomic mass is 16.5. The Balaban J connectivity index is 2.48. The zero-order chi connectivity index (χ0) is 14.7. The highest BCUT2D eigenvalue weighted by Gasteiger charge is 2.19. The van der Waals surface area contributed by atoms with E-state index < -0.39 is 0 Å². The summed E-state index contributed by atoms with van der Waals surface area (Å²) in [4.78, 5) is 0. The normalized spacial score (nSPS) is 12.2. The van der Waals surface area contributed by atoms with Crippen molar-refractivity contribution in [2.75, 3.05) is 14.2 Å². The average molecular weight is 276 g/mol. The molecule has 1 aromatic carbocycles. The van der Waals surface area contributed by atoms with E-state index in [1.165, 1.54) is 0 Å². The molecular formula is C14H20N4O2. The van der Waals surface area contributed by atoms with E-state index in [1.54, 1.807) is 14.2 Å². The van der Waals surface area contributed by atoms with Crippen molar-refractivity contribution in [3.8, 4) is 11.5 Å². The number of nitrogens with two attached hydrogens (primary N) is 1. The van der Waals surface area contributed by atoms with Gasteiger partial charge in [0.15, 0.2) is 0 Å². The number of nitrogens with zero attached hydrogens (tertiary/aromatic N) is 2. The molecular weight excluding hydrogens is 256 g/mol. The van der Waals surface area contributed by atoms with Crippen LogP contribution in [0.15, 0.2) is 24.4 Å². The molecule has 1 atom stereocenters. The molecule has 2 rings (SSSR count). The van der Waals surface area contributed by atoms with Gasteiger partial charge in [0.05, 0.1) is 26.5 Å². The predicted octanol–water partition coefficient (Wildman–Crippen LogP) is 1.30. The lowest BCUT2D eigenvalue weighted by molar-refractivity contribution is 0.392. The summed E-state index contributed by atoms with van der Waals surface area (Å²) in [5.74, 6) is 7.18. The molecule has 0 radical (unpaired) electrons. The molecule has 6 nitrogen and oxygen atoms in total. The minimum atomic E-state index is -0.173. The zero-order valence-corrected chi connectivity index (χ0v) is 12.2. The SMILES string of the molecule is COc1cc(OC)cc(C(NN)c2cnn(C)c2C)c1. The van der Waals surface area contributed by atoms with Crippen molar-refractivity contribution in [1.82, 2.24) is 15.2 Å². The topological polar surface area (TPSA) is 74.3 Å². The van der Waals surface area contributed by atoms with Gasteiger partial charge in [0.2, 0.25) is 0 Å². The van der Waals surface area contributed by atoms with Crippen LogP contribution in [-0.4, -0.2) is 24.0 Å². The van der Waals surface area contributed by atoms with Crippen LogP contribution in [-0.2, 0) is 7.05 Å². The first-order chi connectivity index (χ1) is 9.60. The molecule has 0 bridgehead atoms. The molecule has 3 N–H and O–H groups in total. The minimum Gasteiger partial charge on any atom is -0.497 e. The fraction of sp³-hybridized carbons (Fsp3) is 0.357. The maximum absolute atomic E-state index is 5.73. The first kappa shape index (κ1) is 14.4. The van der Waals surface area contributed by atoms with Gasteiger partial charge in [0, 0.05) is 24.4 Å². The lowest BCUT2D eigenvalue weighted by atomic mass is 9.99. The number of methoxy groups -OCH3 is 2. The van der Waals surface area contributed by atoms with E-state index in [0.29, 0.717) is 0 Å². The van der Waals surface area contributed by atoms with Crippen LogP contribution in [0.2, 0.25) is 0 Å². The van der Waals surface area contributed by atoms with E-state index in [4.69, 9.17) is 15.3 Å². The van der Waals surface area contributed by atoms with Gasteiger partial charge < -0.3 is 9.47 Å². The van der Waals surface area contributed by atoms with E-state index in [-0.39, 0.29) is 6.04 Å². The summed E-state index contributed by atoms with van der Waals surface area (Å²) in [7, 11) is 5.15. The number of benzene rings is 1. The van der Waals surface area contributed by atoms with Crippen molar-refractivity contribution in [1.29, 1.82) is 0 Å². The van der Waals surface area contributed by atoms with Crippen LogP contribution in [0.25, 0.3) is 0 Å². The molecule has 0 spiro atoms. The van der Waals surface area contributed by atoms with E-state index in [1.807, 2.05) is 43.0 Å². The maximum Gasteiger partial charge on any atom is 0.122 e. The fourth-order valence-corrected chi connectivity index (χ4v) is 2.16. The van der Waals surface area contributed by atoms with Gasteiger partial charge in [-0.1, -0.05) is 0 Å². The highest BCUT2D eigenvalue weighted by Crippen LogP contribution is 2.30. The van der Waals surface area contributed by atoms with Crippen molar-refractivity contribution >= 4 is 0 Å². The van der Waals surface area contributed by atoms with Gasteiger partial charge in [0.1, 0.15) is 11.5 Å². The van der Waals surface area contributed by atoms with Crippen LogP contribution in [0.5, 0.6) is 11.5 Å². The summed E-state index contributed by atoms with van der Waals surface area (Å²) in [6, 6.07) is 5.51. The zero-order valence-electron chi connectivity index (χ0n) is 12.2. The van der Waals surface area contributed by atoms with Gasteiger partial charge in [-0.25, -0.2) is 5.43 Å². The van der Waals surface area contributed by atoms with Crippen molar-refractivity contribution in [3.05, 3.63) is 41.2 Å². The molecule has 0 fully saturated rings. The Labute approximate surface area is 118 Å². The number of hydrogen-bond donors (Lipinski definition) is 2. The third-order valence-electron chi connectivity index (χ3n) is 3.46. The second-order valence-electron chi connectivity index (χ2n) is 4.55. The predicted molar refractivity (Wildman–Crippen MR) is 76.7 cm³/mol. The molecule has 1 heterocycles. The second-order valence-corrected chi connectivity index (χ2v) is 4.55. The van der Waals surface area contributed by atoms with Crippen LogP contribution in [0.4, 0.5) is 0 Å². The largest absolute Gasteiger partial charge is 0.497 e. The molecule has 0 saturated heterocycles. The van der Waals surface area contributed by atoms with Crippen molar-refractivity contribution in [3.63, 3.8) is 0 Å². The molecule has 20 heavy (non-hydrogen) atoms. The average Bonchev–Trinajstić information content (AvgIpc) is 2.80. The summed E-state index contributed by atoms with van der Waals surface area (Å²) in [5.41, 5.74) is 5.85. The Morgan fingerprint density at radius 1 is 1.20 bits per heavy atom. The van der Waals surface area contributed by atoms with E-state index >= 15 is 0 Å². The van der Waals surface area contributed by atoms with Gasteiger partial charge in [-0.05, 0) is 24.6 Å². The number of hydrazine groups is 1. The van der Waals surface area contributed by atoms with Gasteiger partial charge in [-0.3, -0.25) is 10.5 Å². The summed E-state index contributed by atoms with van der Waals surface area (Å²) >= 11 is 0. The molecule has 1 aromatic heterocycles. The molecule has 1 unspecified atom stereocenters. The van der Waals surface area contributed by atoms with Gasteiger partial charge >= 0.3 is 0 Å². The molecule has 0 amide bonds. The summed E-state index contributed by atoms with van der Waals surface area (Å²) in [6.07, 6.45) is 1.81. The third kappa shape index (κ3) is 2.61. The Morgan fingerprint density at radius 3 is 2.20 bits per heavy atom. The summed E-state index contributed by atoms with van der Waals surface area (Å²) < 4.78 is 12.4. The number of aromatic nitrogens is 2. The first-order valence-corrected chi connectivity index (χ1v) is 6.28. The van der Waals surface area contributed by atoms with Crippen molar-refractivity contribution < 1.29 is 9.47 Å². The number of aryl methyl sites for hydroxylation is 1. The molecule has 6 heteroatoms. The lowest BCUT2D eigenvalue weighted by Crippen LogP contribution is -2.29. The van der Waals surface area contributed by atoms with Crippen LogP contribution in [0.3, 0.4) is 0 Å². The molecule has 0 aliphatic carbocycles. The Hall–Kier alpha value is -2.05. The molecule has 0 saturated carbocycles. The van der Waals surface area contributed by atoms with E-state index in [2.05, 4.69) is 10.5 Å². The highest BCUT2D eigenvalue weighted by molar-refractivity contribution is 5.43. The van der Waals surface area contributed by atoms with E-state index in [9.17, 15) is 0 Å². The van der Waals surface area contributed by atoms with Crippen LogP contribution < -0.4 is 20.7 Å². The van der Waals surface area contributed by atoms with Crippen molar-refractivity contribution in [2.45, 2.75) is 13.0 Å². The Kier molecular flexibility index (Phi) is 4.26. The summed E-state index contributed by atoms with van der Waals surface area (Å²) in [6.45, 7) is 2.00. The van der Waals surface area contributed by atoms with Crippen LogP contribution in [0, 0.1) is 6.92 Å². The van der Waals surface area contributed by atoms with Crippen LogP contribution >= 0.6 is 0 Å². The number of ether oxygens (including phenoxy) is 2. The number of rotatable bonds is 5. The first-order valence-electron chi connectivity index (χ1n) is 6.28. The molecule has 108 valence electrons. The second kappa shape index (κ2) is 5.94. The van der Waals surface area contributed by atoms with Crippen molar-refractivity contribution in [2.24, 2.45) is 12.9 Å². The number of hydrogen-bond acceptors (Lipinski definition) is 5. The minimum absolute atomic E-state index is 0.173. The monoisotopic (exact) mass is 276 g/mol. The quantitative estimate of drug-likeness (QED) is 0.636. The Bertz CT molecular complexity index is 573. The molecule has 0 aliphatic heterocycles. The van der Waals surface area contributed by atoms with E-state index in [0.717, 1.165) is 28.3 Å². The lowest BCUT2D eigenvalue weighted by Gasteiger charge is -2.18. The third-order valence-corrected chi connectivity index (χ3v) is 3.46. The van der Waals surface area contributed by atoms with Gasteiger partial charge in [0.25, 0.3) is 0 Å². The molecule has 2 aromatic rings.